The summed E-state index contributed by atoms with van der Waals surface area (Å²) in [7, 11) is 0. The predicted molar refractivity (Wildman–Crippen MR) is 69.0 cm³/mol. The van der Waals surface area contributed by atoms with Crippen LogP contribution in [0.4, 0.5) is 0 Å². The Balaban J connectivity index is 1.99. The molecule has 1 saturated carbocycles. The summed E-state index contributed by atoms with van der Waals surface area (Å²) < 4.78 is 0. The molecule has 0 radical (unpaired) electrons. The Morgan fingerprint density at radius 1 is 1.20 bits per heavy atom. The molecule has 3 atom stereocenters. The van der Waals surface area contributed by atoms with Gasteiger partial charge in [0.15, 0.2) is 0 Å². The smallest absolute Gasteiger partial charge is 0.0322 e. The molecule has 15 heavy (non-hydrogen) atoms. The minimum Gasteiger partial charge on any atom is -0.0885 e. The zero-order valence-electron chi connectivity index (χ0n) is 10.8. The van der Waals surface area contributed by atoms with Crippen molar-refractivity contribution in [3.05, 3.63) is 12.2 Å². The first kappa shape index (κ1) is 12.8. The van der Waals surface area contributed by atoms with Crippen LogP contribution in [0, 0.1) is 17.8 Å². The van der Waals surface area contributed by atoms with Crippen LogP contribution in [0.25, 0.3) is 0 Å². The molecule has 0 spiro atoms. The Morgan fingerprint density at radius 2 is 2.00 bits per heavy atom. The maximum absolute atomic E-state index is 2.43. The van der Waals surface area contributed by atoms with E-state index in [-0.39, 0.29) is 0 Å². The van der Waals surface area contributed by atoms with E-state index in [1.54, 1.807) is 0 Å². The zero-order valence-corrected chi connectivity index (χ0v) is 10.8. The molecule has 1 fully saturated rings. The van der Waals surface area contributed by atoms with E-state index in [0.29, 0.717) is 0 Å². The topological polar surface area (TPSA) is 0 Å². The molecule has 3 unspecified atom stereocenters. The molecule has 88 valence electrons. The SMILES string of the molecule is CCCCCC=CCC(C)C1CC1CC. The molecule has 0 saturated heterocycles. The number of hydrogen-bond acceptors (Lipinski definition) is 0. The lowest BCUT2D eigenvalue weighted by Crippen LogP contribution is -1.97. The first-order valence-corrected chi connectivity index (χ1v) is 6.94. The van der Waals surface area contributed by atoms with Gasteiger partial charge in [0.25, 0.3) is 0 Å². The van der Waals surface area contributed by atoms with Crippen LogP contribution in [0.15, 0.2) is 12.2 Å². The van der Waals surface area contributed by atoms with Gasteiger partial charge in [-0.15, -0.1) is 0 Å². The summed E-state index contributed by atoms with van der Waals surface area (Å²) in [5.41, 5.74) is 0. The molecule has 0 aliphatic heterocycles. The maximum atomic E-state index is 2.43. The van der Waals surface area contributed by atoms with E-state index in [4.69, 9.17) is 0 Å². The van der Waals surface area contributed by atoms with Crippen molar-refractivity contribution >= 4 is 0 Å². The van der Waals surface area contributed by atoms with Gasteiger partial charge in [-0.1, -0.05) is 52.2 Å². The highest BCUT2D eigenvalue weighted by atomic mass is 14.4. The molecule has 0 aromatic rings. The molecule has 0 heterocycles. The fourth-order valence-electron chi connectivity index (χ4n) is 2.55. The molecule has 1 rings (SSSR count). The first-order chi connectivity index (χ1) is 7.29. The summed E-state index contributed by atoms with van der Waals surface area (Å²) in [6, 6.07) is 0. The fourth-order valence-corrected chi connectivity index (χ4v) is 2.55. The van der Waals surface area contributed by atoms with Gasteiger partial charge >= 0.3 is 0 Å². The van der Waals surface area contributed by atoms with Crippen LogP contribution in [0.1, 0.15) is 65.7 Å². The van der Waals surface area contributed by atoms with Crippen LogP contribution in [0.2, 0.25) is 0 Å². The molecular weight excluding hydrogens is 180 g/mol. The predicted octanol–water partition coefficient (Wildman–Crippen LogP) is 5.20. The summed E-state index contributed by atoms with van der Waals surface area (Å²) in [5, 5.41) is 0. The highest BCUT2D eigenvalue weighted by Crippen LogP contribution is 2.47. The third-order valence-electron chi connectivity index (χ3n) is 3.88. The van der Waals surface area contributed by atoms with Crippen LogP contribution in [-0.4, -0.2) is 0 Å². The van der Waals surface area contributed by atoms with Crippen molar-refractivity contribution in [3.8, 4) is 0 Å². The number of hydrogen-bond donors (Lipinski definition) is 0. The average Bonchev–Trinajstić information content (AvgIpc) is 3.02. The largest absolute Gasteiger partial charge is 0.0885 e. The summed E-state index contributed by atoms with van der Waals surface area (Å²) >= 11 is 0. The van der Waals surface area contributed by atoms with Crippen LogP contribution in [0.3, 0.4) is 0 Å². The normalized spacial score (nSPS) is 27.1. The Hall–Kier alpha value is -0.260. The Labute approximate surface area is 96.2 Å². The van der Waals surface area contributed by atoms with Crippen molar-refractivity contribution in [2.24, 2.45) is 17.8 Å². The van der Waals surface area contributed by atoms with E-state index in [1.807, 2.05) is 0 Å². The monoisotopic (exact) mass is 208 g/mol. The standard InChI is InChI=1S/C15H28/c1-4-6-7-8-9-10-11-13(3)15-12-14(15)5-2/h9-10,13-15H,4-8,11-12H2,1-3H3. The molecule has 0 aromatic heterocycles. The maximum Gasteiger partial charge on any atom is -0.0322 e. The van der Waals surface area contributed by atoms with Gasteiger partial charge in [-0.25, -0.2) is 0 Å². The summed E-state index contributed by atoms with van der Waals surface area (Å²) in [5.74, 6) is 3.04. The van der Waals surface area contributed by atoms with E-state index >= 15 is 0 Å². The highest BCUT2D eigenvalue weighted by molar-refractivity contribution is 4.93. The Bertz CT molecular complexity index is 180. The number of allylic oxidation sites excluding steroid dienone is 2. The van der Waals surface area contributed by atoms with Crippen molar-refractivity contribution in [2.45, 2.75) is 65.7 Å². The van der Waals surface area contributed by atoms with E-state index in [1.165, 1.54) is 44.9 Å². The molecule has 0 aromatic carbocycles. The van der Waals surface area contributed by atoms with Gasteiger partial charge in [0.2, 0.25) is 0 Å². The Kier molecular flexibility index (Phi) is 6.05. The molecule has 1 aliphatic rings. The van der Waals surface area contributed by atoms with E-state index < -0.39 is 0 Å². The van der Waals surface area contributed by atoms with Gasteiger partial charge in [-0.05, 0) is 43.4 Å². The molecule has 1 aliphatic carbocycles. The zero-order chi connectivity index (χ0) is 11.1. The van der Waals surface area contributed by atoms with Gasteiger partial charge in [0.05, 0.1) is 0 Å². The molecule has 0 heteroatoms. The molecular formula is C15H28. The van der Waals surface area contributed by atoms with Crippen molar-refractivity contribution in [1.82, 2.24) is 0 Å². The lowest BCUT2D eigenvalue weighted by molar-refractivity contribution is 0.475. The third-order valence-corrected chi connectivity index (χ3v) is 3.88. The van der Waals surface area contributed by atoms with E-state index in [2.05, 4.69) is 32.9 Å². The average molecular weight is 208 g/mol. The van der Waals surface area contributed by atoms with Gasteiger partial charge in [-0.3, -0.25) is 0 Å². The van der Waals surface area contributed by atoms with Gasteiger partial charge in [0, 0.05) is 0 Å². The number of rotatable bonds is 8. The molecule has 0 bridgehead atoms. The molecule has 0 N–H and O–H groups in total. The second kappa shape index (κ2) is 7.09. The van der Waals surface area contributed by atoms with Crippen molar-refractivity contribution < 1.29 is 0 Å². The van der Waals surface area contributed by atoms with Gasteiger partial charge < -0.3 is 0 Å². The van der Waals surface area contributed by atoms with Crippen molar-refractivity contribution in [1.29, 1.82) is 0 Å². The lowest BCUT2D eigenvalue weighted by Gasteiger charge is -2.06. The highest BCUT2D eigenvalue weighted by Gasteiger charge is 2.38. The fraction of sp³-hybridized carbons (Fsp3) is 0.867. The van der Waals surface area contributed by atoms with Crippen LogP contribution in [0.5, 0.6) is 0 Å². The van der Waals surface area contributed by atoms with E-state index in [9.17, 15) is 0 Å². The molecule has 0 nitrogen and oxygen atoms in total. The van der Waals surface area contributed by atoms with Crippen LogP contribution in [-0.2, 0) is 0 Å². The third kappa shape index (κ3) is 4.86. The van der Waals surface area contributed by atoms with Crippen molar-refractivity contribution in [3.63, 3.8) is 0 Å². The summed E-state index contributed by atoms with van der Waals surface area (Å²) in [6.45, 7) is 7.03. The minimum atomic E-state index is 0.928. The minimum absolute atomic E-state index is 0.928. The summed E-state index contributed by atoms with van der Waals surface area (Å²) in [6.07, 6.45) is 14.4. The Morgan fingerprint density at radius 3 is 2.60 bits per heavy atom. The van der Waals surface area contributed by atoms with E-state index in [0.717, 1.165) is 17.8 Å². The second-order valence-electron chi connectivity index (χ2n) is 5.25. The summed E-state index contributed by atoms with van der Waals surface area (Å²) in [4.78, 5) is 0. The lowest BCUT2D eigenvalue weighted by atomic mass is 9.99. The van der Waals surface area contributed by atoms with Crippen LogP contribution >= 0.6 is 0 Å². The van der Waals surface area contributed by atoms with Gasteiger partial charge in [-0.2, -0.15) is 0 Å². The quantitative estimate of drug-likeness (QED) is 0.380. The van der Waals surface area contributed by atoms with Gasteiger partial charge in [0.1, 0.15) is 0 Å². The number of unbranched alkanes of at least 4 members (excludes halogenated alkanes) is 3. The van der Waals surface area contributed by atoms with Crippen molar-refractivity contribution in [2.75, 3.05) is 0 Å². The second-order valence-corrected chi connectivity index (χ2v) is 5.25. The molecule has 0 amide bonds. The van der Waals surface area contributed by atoms with Crippen LogP contribution < -0.4 is 0 Å². The first-order valence-electron chi connectivity index (χ1n) is 6.94.